The average molecular weight is 339 g/mol. The van der Waals surface area contributed by atoms with Crippen LogP contribution in [0.2, 0.25) is 0 Å². The number of hydrogen-bond donors (Lipinski definition) is 0. The molecule has 0 spiro atoms. The van der Waals surface area contributed by atoms with Gasteiger partial charge in [-0.3, -0.25) is 0 Å². The van der Waals surface area contributed by atoms with Crippen molar-refractivity contribution in [2.24, 2.45) is 27.6 Å². The Labute approximate surface area is 155 Å². The zero-order valence-corrected chi connectivity index (χ0v) is 19.2. The lowest BCUT2D eigenvalue weighted by molar-refractivity contribution is 0.115. The molecule has 0 rings (SSSR count). The second-order valence-electron chi connectivity index (χ2n) is 12.6. The fourth-order valence-corrected chi connectivity index (χ4v) is 3.27. The van der Waals surface area contributed by atoms with Crippen LogP contribution in [0, 0.1) is 27.6 Å². The van der Waals surface area contributed by atoms with Crippen LogP contribution < -0.4 is 0 Å². The van der Waals surface area contributed by atoms with Crippen molar-refractivity contribution in [2.75, 3.05) is 0 Å². The SMILES string of the molecule is CC(C)CCC(CCC(C)(C)C)(CCC(C)(C)C)CCC(C)(C)C. The topological polar surface area (TPSA) is 0 Å². The maximum absolute atomic E-state index is 2.41. The lowest BCUT2D eigenvalue weighted by Gasteiger charge is -2.40. The van der Waals surface area contributed by atoms with E-state index < -0.39 is 0 Å². The normalized spacial score (nSPS) is 14.5. The summed E-state index contributed by atoms with van der Waals surface area (Å²) in [4.78, 5) is 0. The molecule has 0 heterocycles. The Hall–Kier alpha value is 0. The van der Waals surface area contributed by atoms with E-state index in [0.717, 1.165) is 5.92 Å². The molecule has 146 valence electrons. The highest BCUT2D eigenvalue weighted by molar-refractivity contribution is 4.85. The van der Waals surface area contributed by atoms with Gasteiger partial charge >= 0.3 is 0 Å². The summed E-state index contributed by atoms with van der Waals surface area (Å²) in [6.07, 6.45) is 11.1. The Morgan fingerprint density at radius 1 is 0.458 bits per heavy atom. The largest absolute Gasteiger partial charge is 0.0628 e. The molecule has 0 unspecified atom stereocenters. The molecule has 0 aromatic carbocycles. The Morgan fingerprint density at radius 3 is 0.958 bits per heavy atom. The van der Waals surface area contributed by atoms with Gasteiger partial charge < -0.3 is 0 Å². The Kier molecular flexibility index (Phi) is 9.09. The van der Waals surface area contributed by atoms with Gasteiger partial charge in [-0.2, -0.15) is 0 Å². The van der Waals surface area contributed by atoms with Crippen molar-refractivity contribution in [3.05, 3.63) is 0 Å². The zero-order valence-electron chi connectivity index (χ0n) is 19.2. The van der Waals surface area contributed by atoms with Crippen molar-refractivity contribution < 1.29 is 0 Å². The van der Waals surface area contributed by atoms with Crippen LogP contribution in [0.4, 0.5) is 0 Å². The first-order chi connectivity index (χ1) is 10.5. The molecule has 0 saturated heterocycles. The van der Waals surface area contributed by atoms with Gasteiger partial charge in [-0.15, -0.1) is 0 Å². The summed E-state index contributed by atoms with van der Waals surface area (Å²) < 4.78 is 0. The summed E-state index contributed by atoms with van der Waals surface area (Å²) in [5, 5.41) is 0. The van der Waals surface area contributed by atoms with Crippen LogP contribution in [-0.2, 0) is 0 Å². The van der Waals surface area contributed by atoms with Crippen LogP contribution in [0.1, 0.15) is 128 Å². The van der Waals surface area contributed by atoms with Crippen molar-refractivity contribution in [1.82, 2.24) is 0 Å². The van der Waals surface area contributed by atoms with Crippen molar-refractivity contribution >= 4 is 0 Å². The smallest absolute Gasteiger partial charge is 0.0297 e. The van der Waals surface area contributed by atoms with E-state index in [2.05, 4.69) is 76.2 Å². The molecule has 0 heteroatoms. The average Bonchev–Trinajstić information content (AvgIpc) is 2.34. The first-order valence-electron chi connectivity index (χ1n) is 10.5. The van der Waals surface area contributed by atoms with E-state index in [1.54, 1.807) is 0 Å². The second-order valence-corrected chi connectivity index (χ2v) is 12.6. The third-order valence-electron chi connectivity index (χ3n) is 5.47. The van der Waals surface area contributed by atoms with Gasteiger partial charge in [0.25, 0.3) is 0 Å². The maximum Gasteiger partial charge on any atom is -0.0297 e. The van der Waals surface area contributed by atoms with Gasteiger partial charge in [0.2, 0.25) is 0 Å². The Morgan fingerprint density at radius 2 is 0.750 bits per heavy atom. The molecule has 0 aliphatic rings. The van der Waals surface area contributed by atoms with Gasteiger partial charge in [0.05, 0.1) is 0 Å². The molecule has 0 amide bonds. The molecule has 0 aromatic heterocycles. The predicted octanol–water partition coefficient (Wildman–Crippen LogP) is 8.89. The fourth-order valence-electron chi connectivity index (χ4n) is 3.27. The molecule has 0 aromatic rings. The molecule has 0 N–H and O–H groups in total. The summed E-state index contributed by atoms with van der Waals surface area (Å²) >= 11 is 0. The predicted molar refractivity (Wildman–Crippen MR) is 113 cm³/mol. The van der Waals surface area contributed by atoms with E-state index in [9.17, 15) is 0 Å². The number of hydrogen-bond acceptors (Lipinski definition) is 0. The highest BCUT2D eigenvalue weighted by Gasteiger charge is 2.33. The molecule has 0 bridgehead atoms. The van der Waals surface area contributed by atoms with Crippen molar-refractivity contribution in [3.63, 3.8) is 0 Å². The van der Waals surface area contributed by atoms with E-state index in [1.807, 2.05) is 0 Å². The van der Waals surface area contributed by atoms with Gasteiger partial charge in [-0.05, 0) is 72.5 Å². The molecule has 0 nitrogen and oxygen atoms in total. The van der Waals surface area contributed by atoms with E-state index in [4.69, 9.17) is 0 Å². The minimum atomic E-state index is 0.451. The lowest BCUT2D eigenvalue weighted by Crippen LogP contribution is -2.27. The first-order valence-corrected chi connectivity index (χ1v) is 10.5. The van der Waals surface area contributed by atoms with Crippen molar-refractivity contribution in [3.8, 4) is 0 Å². The molecule has 0 atom stereocenters. The quantitative estimate of drug-likeness (QED) is 0.393. The Balaban J connectivity index is 5.27. The third kappa shape index (κ3) is 13.3. The molecule has 0 fully saturated rings. The number of rotatable bonds is 9. The zero-order chi connectivity index (χ0) is 19.2. The highest BCUT2D eigenvalue weighted by atomic mass is 14.4. The van der Waals surface area contributed by atoms with Gasteiger partial charge in [-0.1, -0.05) is 82.6 Å². The molecular weight excluding hydrogens is 288 g/mol. The first kappa shape index (κ1) is 24.0. The fraction of sp³-hybridized carbons (Fsp3) is 1.00. The van der Waals surface area contributed by atoms with E-state index in [1.165, 1.54) is 51.4 Å². The minimum absolute atomic E-state index is 0.451. The summed E-state index contributed by atoms with van der Waals surface area (Å²) in [6, 6.07) is 0. The molecule has 24 heavy (non-hydrogen) atoms. The minimum Gasteiger partial charge on any atom is -0.0628 e. The van der Waals surface area contributed by atoms with E-state index in [-0.39, 0.29) is 0 Å². The summed E-state index contributed by atoms with van der Waals surface area (Å²) in [5.74, 6) is 0.822. The van der Waals surface area contributed by atoms with E-state index in [0.29, 0.717) is 21.7 Å². The molecule has 0 aliphatic carbocycles. The van der Waals surface area contributed by atoms with Crippen LogP contribution in [-0.4, -0.2) is 0 Å². The third-order valence-corrected chi connectivity index (χ3v) is 5.47. The second kappa shape index (κ2) is 9.09. The summed E-state index contributed by atoms with van der Waals surface area (Å²) in [5.41, 5.74) is 1.91. The lowest BCUT2D eigenvalue weighted by atomic mass is 9.65. The van der Waals surface area contributed by atoms with Crippen LogP contribution in [0.3, 0.4) is 0 Å². The van der Waals surface area contributed by atoms with Crippen LogP contribution in [0.15, 0.2) is 0 Å². The summed E-state index contributed by atoms with van der Waals surface area (Å²) in [6.45, 7) is 26.5. The van der Waals surface area contributed by atoms with Gasteiger partial charge in [0.15, 0.2) is 0 Å². The molecular formula is C24H50. The van der Waals surface area contributed by atoms with Gasteiger partial charge in [-0.25, -0.2) is 0 Å². The molecule has 0 aliphatic heterocycles. The summed E-state index contributed by atoms with van der Waals surface area (Å²) in [7, 11) is 0. The highest BCUT2D eigenvalue weighted by Crippen LogP contribution is 2.46. The van der Waals surface area contributed by atoms with E-state index >= 15 is 0 Å². The van der Waals surface area contributed by atoms with Gasteiger partial charge in [0, 0.05) is 0 Å². The van der Waals surface area contributed by atoms with Crippen molar-refractivity contribution in [1.29, 1.82) is 0 Å². The maximum atomic E-state index is 2.41. The Bertz CT molecular complexity index is 281. The van der Waals surface area contributed by atoms with Crippen molar-refractivity contribution in [2.45, 2.75) is 128 Å². The van der Waals surface area contributed by atoms with Crippen LogP contribution in [0.25, 0.3) is 0 Å². The standard InChI is InChI=1S/C24H50/c1-20(2)12-13-24(17-14-21(3,4)5,18-15-22(6,7)8)19-16-23(9,10)11/h20H,12-19H2,1-11H3. The molecule has 0 saturated carbocycles. The monoisotopic (exact) mass is 338 g/mol. The van der Waals surface area contributed by atoms with Crippen LogP contribution >= 0.6 is 0 Å². The van der Waals surface area contributed by atoms with Crippen LogP contribution in [0.5, 0.6) is 0 Å². The van der Waals surface area contributed by atoms with Gasteiger partial charge in [0.1, 0.15) is 0 Å². The molecule has 0 radical (unpaired) electrons.